The van der Waals surface area contributed by atoms with Crippen molar-refractivity contribution in [3.05, 3.63) is 42.5 Å². The summed E-state index contributed by atoms with van der Waals surface area (Å²) < 4.78 is 28.7. The molecule has 0 radical (unpaired) electrons. The van der Waals surface area contributed by atoms with Crippen LogP contribution in [0.2, 0.25) is 0 Å². The normalized spacial score (nSPS) is 11.3. The number of carbonyl (C=O) groups is 1. The van der Waals surface area contributed by atoms with Crippen LogP contribution in [0.4, 0.5) is 0 Å². The van der Waals surface area contributed by atoms with Gasteiger partial charge in [0.2, 0.25) is 0 Å². The van der Waals surface area contributed by atoms with Crippen LogP contribution in [0.15, 0.2) is 47.4 Å². The van der Waals surface area contributed by atoms with E-state index in [1.54, 1.807) is 24.3 Å². The van der Waals surface area contributed by atoms with Crippen molar-refractivity contribution in [3.63, 3.8) is 0 Å². The molecular formula is C13H12O4S. The summed E-state index contributed by atoms with van der Waals surface area (Å²) in [5.74, 6) is -0.209. The lowest BCUT2D eigenvalue weighted by Gasteiger charge is -2.07. The van der Waals surface area contributed by atoms with Crippen molar-refractivity contribution in [1.82, 2.24) is 0 Å². The highest BCUT2D eigenvalue weighted by molar-refractivity contribution is 7.91. The van der Waals surface area contributed by atoms with Gasteiger partial charge in [-0.2, -0.15) is 0 Å². The Labute approximate surface area is 105 Å². The SMILES string of the molecule is O=COCCS(=O)(=O)c1cccc2ccccc12. The van der Waals surface area contributed by atoms with E-state index in [1.165, 1.54) is 0 Å². The molecular weight excluding hydrogens is 252 g/mol. The minimum atomic E-state index is -3.44. The van der Waals surface area contributed by atoms with Crippen molar-refractivity contribution >= 4 is 27.1 Å². The molecule has 0 atom stereocenters. The topological polar surface area (TPSA) is 60.4 Å². The maximum atomic E-state index is 12.1. The van der Waals surface area contributed by atoms with Gasteiger partial charge in [-0.05, 0) is 11.5 Å². The second-order valence-corrected chi connectivity index (χ2v) is 5.84. The number of fused-ring (bicyclic) bond motifs is 1. The third-order valence-corrected chi connectivity index (χ3v) is 4.35. The molecule has 2 rings (SSSR count). The molecule has 2 aromatic rings. The van der Waals surface area contributed by atoms with E-state index in [9.17, 15) is 13.2 Å². The molecule has 0 unspecified atom stereocenters. The van der Waals surface area contributed by atoms with Gasteiger partial charge in [-0.1, -0.05) is 36.4 Å². The van der Waals surface area contributed by atoms with Gasteiger partial charge >= 0.3 is 0 Å². The van der Waals surface area contributed by atoms with E-state index in [2.05, 4.69) is 4.74 Å². The Balaban J connectivity index is 2.44. The highest BCUT2D eigenvalue weighted by Gasteiger charge is 2.17. The molecule has 0 bridgehead atoms. The Morgan fingerprint density at radius 1 is 1.06 bits per heavy atom. The van der Waals surface area contributed by atoms with E-state index >= 15 is 0 Å². The molecule has 0 fully saturated rings. The van der Waals surface area contributed by atoms with Crippen LogP contribution < -0.4 is 0 Å². The first-order valence-corrected chi connectivity index (χ1v) is 7.06. The second-order valence-electron chi connectivity index (χ2n) is 3.76. The summed E-state index contributed by atoms with van der Waals surface area (Å²) in [4.78, 5) is 10.3. The van der Waals surface area contributed by atoms with Crippen molar-refractivity contribution in [1.29, 1.82) is 0 Å². The summed E-state index contributed by atoms with van der Waals surface area (Å²) in [7, 11) is -3.44. The molecule has 94 valence electrons. The van der Waals surface area contributed by atoms with E-state index < -0.39 is 9.84 Å². The summed E-state index contributed by atoms with van der Waals surface area (Å²) in [6, 6.07) is 12.4. The minimum absolute atomic E-state index is 0.130. The molecule has 4 nitrogen and oxygen atoms in total. The number of carbonyl (C=O) groups excluding carboxylic acids is 1. The predicted molar refractivity (Wildman–Crippen MR) is 68.0 cm³/mol. The molecule has 0 aromatic heterocycles. The van der Waals surface area contributed by atoms with E-state index in [0.717, 1.165) is 5.39 Å². The van der Waals surface area contributed by atoms with Crippen LogP contribution in [0.1, 0.15) is 0 Å². The lowest BCUT2D eigenvalue weighted by Crippen LogP contribution is -2.12. The van der Waals surface area contributed by atoms with Crippen molar-refractivity contribution in [3.8, 4) is 0 Å². The molecule has 0 aliphatic carbocycles. The number of ether oxygens (including phenoxy) is 1. The third-order valence-electron chi connectivity index (χ3n) is 2.62. The Morgan fingerprint density at radius 2 is 1.78 bits per heavy atom. The van der Waals surface area contributed by atoms with Crippen LogP contribution in [-0.2, 0) is 19.4 Å². The first-order chi connectivity index (χ1) is 8.65. The Kier molecular flexibility index (Phi) is 3.62. The van der Waals surface area contributed by atoms with Gasteiger partial charge < -0.3 is 4.74 Å². The highest BCUT2D eigenvalue weighted by atomic mass is 32.2. The fraction of sp³-hybridized carbons (Fsp3) is 0.154. The van der Waals surface area contributed by atoms with E-state index in [-0.39, 0.29) is 23.7 Å². The lowest BCUT2D eigenvalue weighted by atomic mass is 10.1. The first-order valence-electron chi connectivity index (χ1n) is 5.41. The van der Waals surface area contributed by atoms with E-state index in [0.29, 0.717) is 5.39 Å². The fourth-order valence-corrected chi connectivity index (χ4v) is 3.13. The second kappa shape index (κ2) is 5.18. The number of hydrogen-bond acceptors (Lipinski definition) is 4. The summed E-state index contributed by atoms with van der Waals surface area (Å²) >= 11 is 0. The average Bonchev–Trinajstić information content (AvgIpc) is 2.38. The van der Waals surface area contributed by atoms with Gasteiger partial charge in [0.25, 0.3) is 6.47 Å². The zero-order chi connectivity index (χ0) is 13.0. The zero-order valence-corrected chi connectivity index (χ0v) is 10.4. The van der Waals surface area contributed by atoms with E-state index in [4.69, 9.17) is 0 Å². The van der Waals surface area contributed by atoms with E-state index in [1.807, 2.05) is 18.2 Å². The first kappa shape index (κ1) is 12.6. The zero-order valence-electron chi connectivity index (χ0n) is 9.57. The monoisotopic (exact) mass is 264 g/mol. The third kappa shape index (κ3) is 2.51. The summed E-state index contributed by atoms with van der Waals surface area (Å²) in [6.07, 6.45) is 0. The highest BCUT2D eigenvalue weighted by Crippen LogP contribution is 2.23. The molecule has 0 aliphatic rings. The van der Waals surface area contributed by atoms with Gasteiger partial charge in [0.05, 0.1) is 10.6 Å². The Morgan fingerprint density at radius 3 is 2.56 bits per heavy atom. The van der Waals surface area contributed by atoms with Crippen molar-refractivity contribution in [2.45, 2.75) is 4.90 Å². The van der Waals surface area contributed by atoms with Gasteiger partial charge in [-0.15, -0.1) is 0 Å². The van der Waals surface area contributed by atoms with Crippen LogP contribution in [0.5, 0.6) is 0 Å². The summed E-state index contributed by atoms with van der Waals surface area (Å²) in [5.41, 5.74) is 0. The standard InChI is InChI=1S/C13H12O4S/c14-10-17-8-9-18(15,16)13-7-3-5-11-4-1-2-6-12(11)13/h1-7,10H,8-9H2. The summed E-state index contributed by atoms with van der Waals surface area (Å²) in [5, 5.41) is 1.56. The minimum Gasteiger partial charge on any atom is -0.467 e. The maximum Gasteiger partial charge on any atom is 0.293 e. The van der Waals surface area contributed by atoms with Crippen LogP contribution in [0, 0.1) is 0 Å². The molecule has 0 heterocycles. The van der Waals surface area contributed by atoms with Crippen LogP contribution in [0.25, 0.3) is 10.8 Å². The van der Waals surface area contributed by atoms with Crippen molar-refractivity contribution in [2.75, 3.05) is 12.4 Å². The van der Waals surface area contributed by atoms with Crippen LogP contribution >= 0.6 is 0 Å². The van der Waals surface area contributed by atoms with Gasteiger partial charge in [0, 0.05) is 5.39 Å². The van der Waals surface area contributed by atoms with Gasteiger partial charge in [-0.25, -0.2) is 8.42 Å². The smallest absolute Gasteiger partial charge is 0.293 e. The quantitative estimate of drug-likeness (QED) is 0.610. The number of sulfone groups is 1. The largest absolute Gasteiger partial charge is 0.467 e. The van der Waals surface area contributed by atoms with Crippen LogP contribution in [0.3, 0.4) is 0 Å². The molecule has 0 spiro atoms. The number of rotatable bonds is 5. The van der Waals surface area contributed by atoms with Crippen molar-refractivity contribution < 1.29 is 17.9 Å². The number of benzene rings is 2. The lowest BCUT2D eigenvalue weighted by molar-refractivity contribution is -0.128. The Hall–Kier alpha value is -1.88. The molecule has 5 heteroatoms. The average molecular weight is 264 g/mol. The van der Waals surface area contributed by atoms with Gasteiger partial charge in [0.15, 0.2) is 9.84 Å². The maximum absolute atomic E-state index is 12.1. The molecule has 0 saturated carbocycles. The molecule has 18 heavy (non-hydrogen) atoms. The molecule has 0 N–H and O–H groups in total. The van der Waals surface area contributed by atoms with Crippen LogP contribution in [-0.4, -0.2) is 27.2 Å². The number of hydrogen-bond donors (Lipinski definition) is 0. The molecule has 2 aromatic carbocycles. The summed E-state index contributed by atoms with van der Waals surface area (Å²) in [6.45, 7) is 0.119. The predicted octanol–water partition coefficient (Wildman–Crippen LogP) is 1.79. The molecule has 0 amide bonds. The van der Waals surface area contributed by atoms with Crippen molar-refractivity contribution in [2.24, 2.45) is 0 Å². The van der Waals surface area contributed by atoms with Gasteiger partial charge in [0.1, 0.15) is 6.61 Å². The van der Waals surface area contributed by atoms with Gasteiger partial charge in [-0.3, -0.25) is 4.79 Å². The Bertz CT molecular complexity index is 656. The molecule has 0 saturated heterocycles. The fourth-order valence-electron chi connectivity index (χ4n) is 1.78. The molecule has 0 aliphatic heterocycles.